The van der Waals surface area contributed by atoms with Crippen LogP contribution in [-0.2, 0) is 17.1 Å². The molecule has 0 N–H and O–H groups in total. The van der Waals surface area contributed by atoms with Gasteiger partial charge in [-0.15, -0.1) is 0 Å². The third-order valence-corrected chi connectivity index (χ3v) is 1.00. The summed E-state index contributed by atoms with van der Waals surface area (Å²) in [6.07, 6.45) is 0. The van der Waals surface area contributed by atoms with E-state index in [-0.39, 0.29) is 12.9 Å². The van der Waals surface area contributed by atoms with Crippen LogP contribution in [0.25, 0.3) is 0 Å². The van der Waals surface area contributed by atoms with Gasteiger partial charge in [-0.2, -0.15) is 0 Å². The van der Waals surface area contributed by atoms with Gasteiger partial charge in [-0.25, -0.2) is 0 Å². The molecule has 0 aromatic rings. The molecule has 0 atom stereocenters. The van der Waals surface area contributed by atoms with Crippen molar-refractivity contribution in [3.8, 4) is 0 Å². The number of carbonyl (C=O) groups is 2. The third kappa shape index (κ3) is 5.48. The van der Waals surface area contributed by atoms with Crippen LogP contribution in [0.2, 0.25) is 0 Å². The SMILES string of the molecule is O=C[O][Ge][O]C=O. The molecule has 0 aromatic heterocycles. The topological polar surface area (TPSA) is 52.6 Å². The van der Waals surface area contributed by atoms with Crippen LogP contribution in [0.1, 0.15) is 0 Å². The summed E-state index contributed by atoms with van der Waals surface area (Å²) in [6.45, 7) is 0.507. The van der Waals surface area contributed by atoms with Crippen molar-refractivity contribution in [2.75, 3.05) is 0 Å². The molecule has 0 fully saturated rings. The third-order valence-electron chi connectivity index (χ3n) is 0.192. The Bertz CT molecular complexity index is 54.7. The average molecular weight is 163 g/mol. The van der Waals surface area contributed by atoms with E-state index in [0.717, 1.165) is 0 Å². The van der Waals surface area contributed by atoms with E-state index in [2.05, 4.69) is 7.53 Å². The molecule has 0 saturated heterocycles. The predicted molar refractivity (Wildman–Crippen MR) is 20.1 cm³/mol. The van der Waals surface area contributed by atoms with E-state index in [9.17, 15) is 9.59 Å². The molecule has 0 aromatic carbocycles. The van der Waals surface area contributed by atoms with Crippen LogP contribution in [0.15, 0.2) is 0 Å². The van der Waals surface area contributed by atoms with E-state index >= 15 is 0 Å². The zero-order valence-electron chi connectivity index (χ0n) is 3.29. The molecule has 0 heterocycles. The van der Waals surface area contributed by atoms with E-state index in [0.29, 0.717) is 0 Å². The van der Waals surface area contributed by atoms with Crippen LogP contribution < -0.4 is 0 Å². The van der Waals surface area contributed by atoms with Gasteiger partial charge in [0, 0.05) is 0 Å². The van der Waals surface area contributed by atoms with Crippen molar-refractivity contribution in [2.45, 2.75) is 0 Å². The molecule has 0 spiro atoms. The summed E-state index contributed by atoms with van der Waals surface area (Å²) in [6, 6.07) is 0. The van der Waals surface area contributed by atoms with Gasteiger partial charge in [-0.1, -0.05) is 0 Å². The summed E-state index contributed by atoms with van der Waals surface area (Å²) in [4.78, 5) is 18.6. The van der Waals surface area contributed by atoms with Crippen molar-refractivity contribution < 1.29 is 17.1 Å². The van der Waals surface area contributed by atoms with Crippen LogP contribution in [-0.4, -0.2) is 29.0 Å². The molecule has 0 saturated carbocycles. The Morgan fingerprint density at radius 3 is 1.86 bits per heavy atom. The number of hydrogen-bond acceptors (Lipinski definition) is 4. The fraction of sp³-hybridized carbons (Fsp3) is 0. The molecule has 0 aliphatic heterocycles. The Morgan fingerprint density at radius 1 is 1.14 bits per heavy atom. The molecule has 0 rings (SSSR count). The molecular formula is C2H2GeO4. The molecule has 4 nitrogen and oxygen atoms in total. The normalized spacial score (nSPS) is 6.86. The predicted octanol–water partition coefficient (Wildman–Crippen LogP) is -1.13. The van der Waals surface area contributed by atoms with Gasteiger partial charge in [0.05, 0.1) is 0 Å². The standard InChI is InChI=1S/C2H2GeO4/c4-1-6-3-7-2-5/h1-2H. The fourth-order valence-electron chi connectivity index (χ4n) is 0.0671. The second-order valence-corrected chi connectivity index (χ2v) is 1.85. The average Bonchev–Trinajstić information content (AvgIpc) is 1.69. The summed E-state index contributed by atoms with van der Waals surface area (Å²) in [5.41, 5.74) is 0. The summed E-state index contributed by atoms with van der Waals surface area (Å²) in [7, 11) is 0. The molecule has 5 heteroatoms. The Kier molecular flexibility index (Phi) is 5.08. The van der Waals surface area contributed by atoms with Gasteiger partial charge >= 0.3 is 46.2 Å². The zero-order valence-corrected chi connectivity index (χ0v) is 5.39. The Labute approximate surface area is 46.9 Å². The second-order valence-electron chi connectivity index (χ2n) is 0.511. The first-order chi connectivity index (χ1) is 3.41. The second kappa shape index (κ2) is 5.48. The van der Waals surface area contributed by atoms with Crippen molar-refractivity contribution in [1.82, 2.24) is 0 Å². The first kappa shape index (κ1) is 6.48. The molecule has 2 radical (unpaired) electrons. The summed E-state index contributed by atoms with van der Waals surface area (Å²) >= 11 is -1.22. The van der Waals surface area contributed by atoms with Gasteiger partial charge in [0.2, 0.25) is 0 Å². The van der Waals surface area contributed by atoms with Gasteiger partial charge in [-0.3, -0.25) is 0 Å². The van der Waals surface area contributed by atoms with E-state index in [1.807, 2.05) is 0 Å². The summed E-state index contributed by atoms with van der Waals surface area (Å²) in [5.74, 6) is 0. The molecule has 0 aliphatic rings. The van der Waals surface area contributed by atoms with Crippen molar-refractivity contribution in [2.24, 2.45) is 0 Å². The van der Waals surface area contributed by atoms with Crippen molar-refractivity contribution in [1.29, 1.82) is 0 Å². The quantitative estimate of drug-likeness (QED) is 0.298. The summed E-state index contributed by atoms with van der Waals surface area (Å²) < 4.78 is 8.13. The van der Waals surface area contributed by atoms with Crippen molar-refractivity contribution in [3.05, 3.63) is 0 Å². The number of rotatable bonds is 4. The van der Waals surface area contributed by atoms with Gasteiger partial charge in [0.15, 0.2) is 0 Å². The number of carbonyl (C=O) groups excluding carboxylic acids is 2. The molecule has 0 amide bonds. The maximum absolute atomic E-state index is 9.29. The van der Waals surface area contributed by atoms with Crippen molar-refractivity contribution in [3.63, 3.8) is 0 Å². The van der Waals surface area contributed by atoms with Crippen LogP contribution in [0.5, 0.6) is 0 Å². The van der Waals surface area contributed by atoms with Gasteiger partial charge in [0.25, 0.3) is 0 Å². The first-order valence-electron chi connectivity index (χ1n) is 1.35. The Hall–Kier alpha value is -0.517. The van der Waals surface area contributed by atoms with Crippen LogP contribution >= 0.6 is 0 Å². The molecular weight excluding hydrogens is 161 g/mol. The Balaban J connectivity index is 2.68. The maximum atomic E-state index is 9.29. The molecule has 0 unspecified atom stereocenters. The van der Waals surface area contributed by atoms with Crippen LogP contribution in [0.3, 0.4) is 0 Å². The van der Waals surface area contributed by atoms with Gasteiger partial charge < -0.3 is 0 Å². The van der Waals surface area contributed by atoms with E-state index in [4.69, 9.17) is 0 Å². The van der Waals surface area contributed by atoms with E-state index < -0.39 is 16.1 Å². The van der Waals surface area contributed by atoms with Crippen LogP contribution in [0.4, 0.5) is 0 Å². The van der Waals surface area contributed by atoms with Gasteiger partial charge in [-0.05, 0) is 0 Å². The minimum atomic E-state index is -1.22. The van der Waals surface area contributed by atoms with Crippen molar-refractivity contribution >= 4 is 29.0 Å². The fourth-order valence-corrected chi connectivity index (χ4v) is 0.348. The molecule has 38 valence electrons. The van der Waals surface area contributed by atoms with E-state index in [1.54, 1.807) is 0 Å². The zero-order chi connectivity index (χ0) is 5.54. The minimum absolute atomic E-state index is 0.253. The number of hydrogen-bond donors (Lipinski definition) is 0. The first-order valence-corrected chi connectivity index (χ1v) is 3.06. The molecule has 0 bridgehead atoms. The Morgan fingerprint density at radius 2 is 1.57 bits per heavy atom. The van der Waals surface area contributed by atoms with Crippen LogP contribution in [0, 0.1) is 0 Å². The van der Waals surface area contributed by atoms with E-state index in [1.165, 1.54) is 0 Å². The summed E-state index contributed by atoms with van der Waals surface area (Å²) in [5, 5.41) is 0. The van der Waals surface area contributed by atoms with Gasteiger partial charge in [0.1, 0.15) is 0 Å². The monoisotopic (exact) mass is 164 g/mol. The molecule has 7 heavy (non-hydrogen) atoms. The molecule has 0 aliphatic carbocycles.